The monoisotopic (exact) mass is 255 g/mol. The summed E-state index contributed by atoms with van der Waals surface area (Å²) >= 11 is 0. The van der Waals surface area contributed by atoms with Gasteiger partial charge >= 0.3 is 0 Å². The Kier molecular flexibility index (Phi) is 3.92. The van der Waals surface area contributed by atoms with Crippen LogP contribution >= 0.6 is 0 Å². The van der Waals surface area contributed by atoms with Crippen molar-refractivity contribution in [1.82, 2.24) is 4.98 Å². The van der Waals surface area contributed by atoms with Gasteiger partial charge in [-0.3, -0.25) is 9.78 Å². The van der Waals surface area contributed by atoms with E-state index in [0.29, 0.717) is 6.42 Å². The van der Waals surface area contributed by atoms with Crippen molar-refractivity contribution < 1.29 is 4.79 Å². The molecule has 0 aliphatic rings. The molecule has 0 spiro atoms. The van der Waals surface area contributed by atoms with E-state index in [1.165, 1.54) is 0 Å². The first-order chi connectivity index (χ1) is 9.11. The van der Waals surface area contributed by atoms with Crippen molar-refractivity contribution >= 4 is 22.5 Å². The lowest BCUT2D eigenvalue weighted by atomic mass is 10.1. The van der Waals surface area contributed by atoms with Crippen LogP contribution in [0.25, 0.3) is 10.9 Å². The van der Waals surface area contributed by atoms with E-state index in [0.717, 1.165) is 22.3 Å². The number of benzene rings is 1. The molecule has 0 radical (unpaired) electrons. The summed E-state index contributed by atoms with van der Waals surface area (Å²) < 4.78 is 0. The van der Waals surface area contributed by atoms with Crippen molar-refractivity contribution in [2.75, 3.05) is 5.32 Å². The highest BCUT2D eigenvalue weighted by atomic mass is 16.2. The van der Waals surface area contributed by atoms with Crippen molar-refractivity contribution in [3.63, 3.8) is 0 Å². The zero-order chi connectivity index (χ0) is 13.8. The minimum Gasteiger partial charge on any atom is -0.324 e. The van der Waals surface area contributed by atoms with Crippen LogP contribution in [0.3, 0.4) is 0 Å². The van der Waals surface area contributed by atoms with Crippen LogP contribution in [0.4, 0.5) is 5.69 Å². The smallest absolute Gasteiger partial charge is 0.241 e. The fraction of sp³-hybridized carbons (Fsp3) is 0.200. The second-order valence-electron chi connectivity index (χ2n) is 4.45. The number of carbonyl (C=O) groups excluding carboxylic acids is 1. The summed E-state index contributed by atoms with van der Waals surface area (Å²) in [5.41, 5.74) is 8.21. The number of aryl methyl sites for hydroxylation is 1. The molecule has 1 amide bonds. The third-order valence-electron chi connectivity index (χ3n) is 2.86. The largest absolute Gasteiger partial charge is 0.324 e. The van der Waals surface area contributed by atoms with Crippen LogP contribution in [-0.2, 0) is 4.79 Å². The molecule has 1 atom stereocenters. The highest BCUT2D eigenvalue weighted by Crippen LogP contribution is 2.22. The minimum atomic E-state index is -0.579. The van der Waals surface area contributed by atoms with Gasteiger partial charge in [0.2, 0.25) is 5.91 Å². The lowest BCUT2D eigenvalue weighted by Gasteiger charge is -2.13. The number of aromatic nitrogens is 1. The van der Waals surface area contributed by atoms with Crippen LogP contribution < -0.4 is 11.1 Å². The first-order valence-corrected chi connectivity index (χ1v) is 6.15. The van der Waals surface area contributed by atoms with E-state index >= 15 is 0 Å². The topological polar surface area (TPSA) is 68.0 Å². The lowest BCUT2D eigenvalue weighted by Crippen LogP contribution is -2.35. The molecule has 0 aliphatic heterocycles. The average Bonchev–Trinajstić information content (AvgIpc) is 2.38. The van der Waals surface area contributed by atoms with Crippen molar-refractivity contribution in [2.24, 2.45) is 5.73 Å². The summed E-state index contributed by atoms with van der Waals surface area (Å²) in [6.45, 7) is 5.48. The number of nitrogens with one attached hydrogen (secondary N) is 1. The molecule has 19 heavy (non-hydrogen) atoms. The average molecular weight is 255 g/mol. The first kappa shape index (κ1) is 13.2. The normalized spacial score (nSPS) is 12.1. The Labute approximate surface area is 112 Å². The molecule has 4 nitrogen and oxygen atoms in total. The Morgan fingerprint density at radius 2 is 2.26 bits per heavy atom. The number of nitrogens with two attached hydrogens (primary N) is 1. The number of hydrogen-bond acceptors (Lipinski definition) is 3. The van der Waals surface area contributed by atoms with E-state index in [-0.39, 0.29) is 5.91 Å². The zero-order valence-electron chi connectivity index (χ0n) is 10.9. The molecule has 1 unspecified atom stereocenters. The summed E-state index contributed by atoms with van der Waals surface area (Å²) in [5.74, 6) is -0.212. The highest BCUT2D eigenvalue weighted by Gasteiger charge is 2.13. The van der Waals surface area contributed by atoms with E-state index in [2.05, 4.69) is 16.9 Å². The van der Waals surface area contributed by atoms with Gasteiger partial charge in [0, 0.05) is 11.1 Å². The van der Waals surface area contributed by atoms with Crippen LogP contribution in [0.2, 0.25) is 0 Å². The van der Waals surface area contributed by atoms with Crippen molar-refractivity contribution in [2.45, 2.75) is 19.4 Å². The Morgan fingerprint density at radius 1 is 1.53 bits per heavy atom. The summed E-state index contributed by atoms with van der Waals surface area (Å²) in [4.78, 5) is 16.4. The van der Waals surface area contributed by atoms with Crippen molar-refractivity contribution in [1.29, 1.82) is 0 Å². The fourth-order valence-electron chi connectivity index (χ4n) is 1.92. The number of fused-ring (bicyclic) bond motifs is 1. The zero-order valence-corrected chi connectivity index (χ0v) is 10.9. The molecule has 0 saturated carbocycles. The van der Waals surface area contributed by atoms with Crippen LogP contribution in [-0.4, -0.2) is 16.9 Å². The molecule has 0 saturated heterocycles. The van der Waals surface area contributed by atoms with Crippen molar-refractivity contribution in [3.8, 4) is 0 Å². The second-order valence-corrected chi connectivity index (χ2v) is 4.45. The fourth-order valence-corrected chi connectivity index (χ4v) is 1.92. The molecule has 1 aromatic carbocycles. The summed E-state index contributed by atoms with van der Waals surface area (Å²) in [7, 11) is 0. The van der Waals surface area contributed by atoms with Gasteiger partial charge in [-0.15, -0.1) is 6.58 Å². The third-order valence-corrected chi connectivity index (χ3v) is 2.86. The van der Waals surface area contributed by atoms with Gasteiger partial charge in [-0.1, -0.05) is 24.3 Å². The second kappa shape index (κ2) is 5.63. The van der Waals surface area contributed by atoms with Crippen LogP contribution in [0.5, 0.6) is 0 Å². The van der Waals surface area contributed by atoms with Gasteiger partial charge in [-0.25, -0.2) is 0 Å². The molecule has 2 rings (SSSR count). The predicted octanol–water partition coefficient (Wildman–Crippen LogP) is 2.39. The molecule has 4 heteroatoms. The number of carbonyl (C=O) groups is 1. The van der Waals surface area contributed by atoms with Crippen molar-refractivity contribution in [3.05, 3.63) is 48.7 Å². The predicted molar refractivity (Wildman–Crippen MR) is 77.9 cm³/mol. The maximum absolute atomic E-state index is 12.0. The first-order valence-electron chi connectivity index (χ1n) is 6.15. The van der Waals surface area contributed by atoms with Crippen LogP contribution in [0, 0.1) is 6.92 Å². The number of hydrogen-bond donors (Lipinski definition) is 2. The Balaban J connectivity index is 2.34. The number of nitrogens with zero attached hydrogens (tertiary/aromatic N) is 1. The Hall–Kier alpha value is -2.20. The molecule has 1 aromatic heterocycles. The van der Waals surface area contributed by atoms with Gasteiger partial charge in [-0.2, -0.15) is 0 Å². The summed E-state index contributed by atoms with van der Waals surface area (Å²) in [5, 5.41) is 3.77. The molecule has 3 N–H and O–H groups in total. The molecular weight excluding hydrogens is 238 g/mol. The molecule has 2 aromatic rings. The lowest BCUT2D eigenvalue weighted by molar-refractivity contribution is -0.117. The highest BCUT2D eigenvalue weighted by molar-refractivity contribution is 6.02. The maximum Gasteiger partial charge on any atom is 0.241 e. The summed E-state index contributed by atoms with van der Waals surface area (Å²) in [6.07, 6.45) is 2.09. The molecule has 0 bridgehead atoms. The van der Waals surface area contributed by atoms with E-state index < -0.39 is 6.04 Å². The molecule has 0 fully saturated rings. The maximum atomic E-state index is 12.0. The van der Waals surface area contributed by atoms with Gasteiger partial charge in [0.1, 0.15) is 0 Å². The minimum absolute atomic E-state index is 0.212. The van der Waals surface area contributed by atoms with Crippen LogP contribution in [0.1, 0.15) is 12.1 Å². The Morgan fingerprint density at radius 3 is 3.00 bits per heavy atom. The van der Waals surface area contributed by atoms with E-state index in [9.17, 15) is 4.79 Å². The van der Waals surface area contributed by atoms with Gasteiger partial charge < -0.3 is 11.1 Å². The molecule has 1 heterocycles. The van der Waals surface area contributed by atoms with Crippen LogP contribution in [0.15, 0.2) is 43.0 Å². The number of rotatable bonds is 4. The number of para-hydroxylation sites is 1. The third kappa shape index (κ3) is 2.98. The molecule has 98 valence electrons. The quantitative estimate of drug-likeness (QED) is 0.824. The standard InChI is InChI=1S/C15H17N3O/c1-3-6-12(16)15(19)18-14-9-10(2)17-13-8-5-4-7-11(13)14/h3-5,7-9,12H,1,6,16H2,2H3,(H,17,18,19). The number of pyridine rings is 1. The molecular formula is C15H17N3O. The van der Waals surface area contributed by atoms with Gasteiger partial charge in [-0.05, 0) is 25.5 Å². The summed E-state index contributed by atoms with van der Waals surface area (Å²) in [6, 6.07) is 8.95. The number of anilines is 1. The van der Waals surface area contributed by atoms with Gasteiger partial charge in [0.05, 0.1) is 17.2 Å². The van der Waals surface area contributed by atoms with Gasteiger partial charge in [0.15, 0.2) is 0 Å². The molecule has 0 aliphatic carbocycles. The van der Waals surface area contributed by atoms with E-state index in [1.807, 2.05) is 37.3 Å². The Bertz CT molecular complexity index is 622. The number of amides is 1. The SMILES string of the molecule is C=CCC(N)C(=O)Nc1cc(C)nc2ccccc12. The van der Waals surface area contributed by atoms with Gasteiger partial charge in [0.25, 0.3) is 0 Å². The van der Waals surface area contributed by atoms with E-state index in [1.54, 1.807) is 6.08 Å². The van der Waals surface area contributed by atoms with E-state index in [4.69, 9.17) is 5.73 Å².